The minimum absolute atomic E-state index is 0.0107. The number of hydrogen-bond acceptors (Lipinski definition) is 7. The van der Waals surface area contributed by atoms with E-state index >= 15 is 0 Å². The quantitative estimate of drug-likeness (QED) is 0.0724. The molecule has 270 valence electrons. The molecule has 0 aliphatic heterocycles. The second kappa shape index (κ2) is 21.6. The Morgan fingerprint density at radius 1 is 0.824 bits per heavy atom. The highest BCUT2D eigenvalue weighted by Crippen LogP contribution is 2.41. The zero-order chi connectivity index (χ0) is 37.1. The Hall–Kier alpha value is -4.59. The van der Waals surface area contributed by atoms with Gasteiger partial charge in [-0.3, -0.25) is 0 Å². The largest absolute Gasteiger partial charge is 0.492 e. The Labute approximate surface area is 306 Å². The summed E-state index contributed by atoms with van der Waals surface area (Å²) in [7, 11) is 0. The predicted octanol–water partition coefficient (Wildman–Crippen LogP) is 10.8. The monoisotopic (exact) mass is 688 g/mol. The fourth-order valence-corrected chi connectivity index (χ4v) is 7.30. The molecule has 2 aromatic carbocycles. The van der Waals surface area contributed by atoms with Gasteiger partial charge in [-0.25, -0.2) is 4.79 Å². The van der Waals surface area contributed by atoms with E-state index < -0.39 is 11.4 Å². The van der Waals surface area contributed by atoms with Crippen molar-refractivity contribution in [3.8, 4) is 41.2 Å². The Balaban J connectivity index is 2.01. The number of esters is 1. The normalized spacial score (nSPS) is 15.5. The van der Waals surface area contributed by atoms with Crippen molar-refractivity contribution in [2.24, 2.45) is 11.3 Å². The number of carbonyl (C=O) groups is 1. The fourth-order valence-electron chi connectivity index (χ4n) is 7.30. The first-order chi connectivity index (χ1) is 24.7. The highest BCUT2D eigenvalue weighted by molar-refractivity contribution is 5.86. The zero-order valence-electron chi connectivity index (χ0n) is 31.2. The number of aryl methyl sites for hydroxylation is 3. The summed E-state index contributed by atoms with van der Waals surface area (Å²) in [5.41, 5.74) is 6.09. The van der Waals surface area contributed by atoms with Gasteiger partial charge in [0.05, 0.1) is 36.3 Å². The van der Waals surface area contributed by atoms with Gasteiger partial charge in [-0.15, -0.1) is 0 Å². The van der Waals surface area contributed by atoms with Crippen LogP contribution in [0.15, 0.2) is 42.5 Å². The van der Waals surface area contributed by atoms with Crippen molar-refractivity contribution in [1.82, 2.24) is 0 Å². The van der Waals surface area contributed by atoms with E-state index in [0.717, 1.165) is 29.0 Å². The lowest BCUT2D eigenvalue weighted by molar-refractivity contribution is -0.143. The molecule has 0 aromatic heterocycles. The van der Waals surface area contributed by atoms with Crippen LogP contribution in [-0.2, 0) is 28.8 Å². The molecule has 7 nitrogen and oxygen atoms in total. The smallest absolute Gasteiger partial charge is 0.333 e. The van der Waals surface area contributed by atoms with Crippen LogP contribution < -0.4 is 4.74 Å². The van der Waals surface area contributed by atoms with E-state index in [4.69, 9.17) is 9.47 Å². The molecule has 0 N–H and O–H groups in total. The zero-order valence-corrected chi connectivity index (χ0v) is 31.2. The summed E-state index contributed by atoms with van der Waals surface area (Å²) in [6.07, 6.45) is 14.6. The Bertz CT molecular complexity index is 1570. The summed E-state index contributed by atoms with van der Waals surface area (Å²) in [5, 5.41) is 38.2. The molecular weight excluding hydrogens is 633 g/mol. The lowest BCUT2D eigenvalue weighted by Crippen LogP contribution is -2.35. The van der Waals surface area contributed by atoms with Gasteiger partial charge in [0.15, 0.2) is 0 Å². The summed E-state index contributed by atoms with van der Waals surface area (Å²) in [6.45, 7) is 9.50. The van der Waals surface area contributed by atoms with Gasteiger partial charge in [0.25, 0.3) is 0 Å². The van der Waals surface area contributed by atoms with Crippen LogP contribution in [0.2, 0.25) is 0 Å². The molecule has 3 rings (SSSR count). The van der Waals surface area contributed by atoms with Gasteiger partial charge in [-0.05, 0) is 122 Å². The second-order valence-corrected chi connectivity index (χ2v) is 14.4. The molecule has 0 saturated heterocycles. The molecular formula is C44H56N4O3. The molecule has 0 radical (unpaired) electrons. The van der Waals surface area contributed by atoms with E-state index in [9.17, 15) is 25.8 Å². The second-order valence-electron chi connectivity index (χ2n) is 14.4. The number of nitriles is 4. The Kier molecular flexibility index (Phi) is 17.3. The highest BCUT2D eigenvalue weighted by atomic mass is 16.5. The molecule has 1 fully saturated rings. The maximum Gasteiger partial charge on any atom is 0.333 e. The van der Waals surface area contributed by atoms with E-state index in [1.54, 1.807) is 6.92 Å². The van der Waals surface area contributed by atoms with Crippen LogP contribution in [0.25, 0.3) is 11.1 Å². The third-order valence-corrected chi connectivity index (χ3v) is 10.4. The summed E-state index contributed by atoms with van der Waals surface area (Å²) >= 11 is 0. The standard InChI is InChI=1S/C44H56N4O3/c1-5-7-8-13-34-16-18-36(19-17-34)37-20-21-41(35(6-2)28-37)40-29-38(14-9-11-24-45)42(39(30-40)15-10-12-25-46)50-31-44(22-26-47,23-27-48)32-51-43(49)33(3)4/h20-21,28-30,34,36H,3,5-19,22-23,31-32H2,1-2,4H3. The van der Waals surface area contributed by atoms with Crippen molar-refractivity contribution in [3.05, 3.63) is 64.7 Å². The van der Waals surface area contributed by atoms with E-state index in [1.807, 2.05) is 0 Å². The predicted molar refractivity (Wildman–Crippen MR) is 201 cm³/mol. The Morgan fingerprint density at radius 3 is 1.98 bits per heavy atom. The molecule has 0 amide bonds. The first-order valence-electron chi connectivity index (χ1n) is 19.0. The summed E-state index contributed by atoms with van der Waals surface area (Å²) in [6, 6.07) is 20.2. The molecule has 51 heavy (non-hydrogen) atoms. The van der Waals surface area contributed by atoms with Crippen molar-refractivity contribution in [2.45, 2.75) is 136 Å². The third-order valence-electron chi connectivity index (χ3n) is 10.4. The third kappa shape index (κ3) is 12.3. The average Bonchev–Trinajstić information content (AvgIpc) is 3.13. The first kappa shape index (κ1) is 40.8. The fraction of sp³-hybridized carbons (Fsp3) is 0.568. The van der Waals surface area contributed by atoms with Crippen LogP contribution in [0, 0.1) is 56.7 Å². The Morgan fingerprint density at radius 2 is 1.45 bits per heavy atom. The molecule has 0 heterocycles. The lowest BCUT2D eigenvalue weighted by Gasteiger charge is -2.30. The number of rotatable bonds is 21. The van der Waals surface area contributed by atoms with Gasteiger partial charge in [0, 0.05) is 31.3 Å². The van der Waals surface area contributed by atoms with Crippen LogP contribution in [0.4, 0.5) is 0 Å². The first-order valence-corrected chi connectivity index (χ1v) is 19.0. The molecule has 1 saturated carbocycles. The van der Waals surface area contributed by atoms with Gasteiger partial charge < -0.3 is 9.47 Å². The van der Waals surface area contributed by atoms with Crippen LogP contribution in [0.3, 0.4) is 0 Å². The van der Waals surface area contributed by atoms with Crippen molar-refractivity contribution < 1.29 is 14.3 Å². The molecule has 1 aliphatic rings. The van der Waals surface area contributed by atoms with Crippen LogP contribution in [0.5, 0.6) is 5.75 Å². The summed E-state index contributed by atoms with van der Waals surface area (Å²) in [4.78, 5) is 12.3. The molecule has 0 atom stereocenters. The average molecular weight is 689 g/mol. The highest BCUT2D eigenvalue weighted by Gasteiger charge is 2.34. The number of hydrogen-bond donors (Lipinski definition) is 0. The summed E-state index contributed by atoms with van der Waals surface area (Å²) < 4.78 is 12.1. The summed E-state index contributed by atoms with van der Waals surface area (Å²) in [5.74, 6) is 1.55. The molecule has 1 aliphatic carbocycles. The van der Waals surface area contributed by atoms with E-state index in [0.29, 0.717) is 50.2 Å². The van der Waals surface area contributed by atoms with Crippen LogP contribution in [0.1, 0.15) is 139 Å². The van der Waals surface area contributed by atoms with Gasteiger partial charge >= 0.3 is 5.97 Å². The topological polar surface area (TPSA) is 131 Å². The minimum atomic E-state index is -1.04. The van der Waals surface area contributed by atoms with Crippen LogP contribution >= 0.6 is 0 Å². The molecule has 7 heteroatoms. The minimum Gasteiger partial charge on any atom is -0.492 e. The number of benzene rings is 2. The van der Waals surface area contributed by atoms with Crippen molar-refractivity contribution in [2.75, 3.05) is 13.2 Å². The molecule has 0 spiro atoms. The molecule has 0 bridgehead atoms. The maximum absolute atomic E-state index is 12.3. The number of carbonyl (C=O) groups excluding carboxylic acids is 1. The SMILES string of the molecule is C=C(C)C(=O)OCC(CC#N)(CC#N)COc1c(CCCC#N)cc(-c2ccc(C3CCC(CCCCC)CC3)cc2CC)cc1CCCC#N. The van der Waals surface area contributed by atoms with Crippen LogP contribution in [-0.4, -0.2) is 19.2 Å². The van der Waals surface area contributed by atoms with Crippen molar-refractivity contribution >= 4 is 5.97 Å². The van der Waals surface area contributed by atoms with Gasteiger partial charge in [0.1, 0.15) is 12.4 Å². The van der Waals surface area contributed by atoms with E-state index in [-0.39, 0.29) is 31.6 Å². The maximum atomic E-state index is 12.3. The number of ether oxygens (including phenoxy) is 2. The van der Waals surface area contributed by atoms with Gasteiger partial charge in [0.2, 0.25) is 0 Å². The van der Waals surface area contributed by atoms with Crippen molar-refractivity contribution in [3.63, 3.8) is 0 Å². The van der Waals surface area contributed by atoms with Crippen molar-refractivity contribution in [1.29, 1.82) is 21.0 Å². The van der Waals surface area contributed by atoms with Gasteiger partial charge in [-0.1, -0.05) is 64.3 Å². The van der Waals surface area contributed by atoms with E-state index in [1.165, 1.54) is 68.1 Å². The molecule has 0 unspecified atom stereocenters. The van der Waals surface area contributed by atoms with E-state index in [2.05, 4.69) is 75.0 Å². The van der Waals surface area contributed by atoms with Gasteiger partial charge in [-0.2, -0.15) is 21.0 Å². The lowest BCUT2D eigenvalue weighted by atomic mass is 9.76. The number of nitrogens with zero attached hydrogens (tertiary/aromatic N) is 4. The molecule has 2 aromatic rings. The number of unbranched alkanes of at least 4 members (excludes halogenated alkanes) is 4.